The van der Waals surface area contributed by atoms with E-state index in [1.54, 1.807) is 0 Å². The summed E-state index contributed by atoms with van der Waals surface area (Å²) in [5.74, 6) is 1.02. The van der Waals surface area contributed by atoms with Crippen LogP contribution in [0.15, 0.2) is 12.1 Å². The number of rotatable bonds is 4. The lowest BCUT2D eigenvalue weighted by molar-refractivity contribution is 0.349. The average molecular weight is 301 g/mol. The highest BCUT2D eigenvalue weighted by atomic mass is 35.5. The van der Waals surface area contributed by atoms with Gasteiger partial charge < -0.3 is 4.74 Å². The third-order valence-corrected chi connectivity index (χ3v) is 4.07. The minimum Gasteiger partial charge on any atom is -0.493 e. The van der Waals surface area contributed by atoms with Crippen LogP contribution in [-0.4, -0.2) is 12.0 Å². The molecule has 0 fully saturated rings. The largest absolute Gasteiger partial charge is 0.493 e. The van der Waals surface area contributed by atoms with Crippen molar-refractivity contribution < 1.29 is 4.74 Å². The Labute approximate surface area is 126 Å². The van der Waals surface area contributed by atoms with Crippen LogP contribution < -0.4 is 4.74 Å². The zero-order valence-electron chi connectivity index (χ0n) is 11.9. The topological polar surface area (TPSA) is 9.23 Å². The molecule has 0 amide bonds. The van der Waals surface area contributed by atoms with Gasteiger partial charge in [-0.3, -0.25) is 0 Å². The second-order valence-electron chi connectivity index (χ2n) is 6.55. The molecule has 0 saturated carbocycles. The lowest BCUT2D eigenvalue weighted by atomic mass is 9.89. The van der Waals surface area contributed by atoms with Gasteiger partial charge in [-0.05, 0) is 47.9 Å². The lowest BCUT2D eigenvalue weighted by Gasteiger charge is -2.20. The molecule has 0 saturated heterocycles. The van der Waals surface area contributed by atoms with Gasteiger partial charge in [-0.1, -0.05) is 32.4 Å². The fourth-order valence-corrected chi connectivity index (χ4v) is 2.97. The van der Waals surface area contributed by atoms with E-state index in [2.05, 4.69) is 20.8 Å². The predicted molar refractivity (Wildman–Crippen MR) is 82.7 cm³/mol. The molecule has 19 heavy (non-hydrogen) atoms. The molecule has 1 aromatic rings. The molecule has 0 spiro atoms. The maximum Gasteiger partial charge on any atom is 0.125 e. The van der Waals surface area contributed by atoms with Crippen molar-refractivity contribution in [3.63, 3.8) is 0 Å². The number of benzene rings is 1. The quantitative estimate of drug-likeness (QED) is 0.690. The van der Waals surface area contributed by atoms with E-state index >= 15 is 0 Å². The number of ether oxygens (including phenoxy) is 1. The van der Waals surface area contributed by atoms with E-state index < -0.39 is 0 Å². The highest BCUT2D eigenvalue weighted by Gasteiger charge is 2.20. The Balaban J connectivity index is 2.03. The Morgan fingerprint density at radius 1 is 1.32 bits per heavy atom. The lowest BCUT2D eigenvalue weighted by Crippen LogP contribution is -2.11. The highest BCUT2D eigenvalue weighted by molar-refractivity contribution is 6.30. The molecule has 3 heteroatoms. The number of hydrogen-bond acceptors (Lipinski definition) is 1. The first-order chi connectivity index (χ1) is 8.85. The summed E-state index contributed by atoms with van der Waals surface area (Å²) in [5, 5.41) is 0.935. The molecule has 106 valence electrons. The molecule has 2 rings (SSSR count). The first kappa shape index (κ1) is 15.0. The van der Waals surface area contributed by atoms with E-state index in [9.17, 15) is 0 Å². The van der Waals surface area contributed by atoms with Gasteiger partial charge in [0.15, 0.2) is 0 Å². The van der Waals surface area contributed by atoms with E-state index in [1.165, 1.54) is 5.56 Å². The molecule has 1 heterocycles. The van der Waals surface area contributed by atoms with Crippen LogP contribution in [-0.2, 0) is 12.8 Å². The van der Waals surface area contributed by atoms with Crippen LogP contribution in [0.25, 0.3) is 0 Å². The Bertz CT molecular complexity index is 449. The smallest absolute Gasteiger partial charge is 0.125 e. The third kappa shape index (κ3) is 4.29. The van der Waals surface area contributed by atoms with E-state index in [0.29, 0.717) is 5.41 Å². The Hall–Kier alpha value is -0.400. The molecule has 0 bridgehead atoms. The maximum atomic E-state index is 6.48. The van der Waals surface area contributed by atoms with Gasteiger partial charge >= 0.3 is 0 Å². The highest BCUT2D eigenvalue weighted by Crippen LogP contribution is 2.35. The minimum absolute atomic E-state index is 0.144. The Morgan fingerprint density at radius 3 is 2.74 bits per heavy atom. The van der Waals surface area contributed by atoms with Gasteiger partial charge in [-0.25, -0.2) is 0 Å². The Kier molecular flexibility index (Phi) is 4.68. The standard InChI is InChI=1S/C16H22Cl2O/c1-16(2,3)6-4-13(17)9-12-10-14(18)8-11-5-7-19-15(11)12/h8,10,13H,4-7,9H2,1-3H3. The summed E-state index contributed by atoms with van der Waals surface area (Å²) in [5.41, 5.74) is 2.72. The zero-order chi connectivity index (χ0) is 14.0. The first-order valence-electron chi connectivity index (χ1n) is 6.93. The van der Waals surface area contributed by atoms with Gasteiger partial charge in [0.05, 0.1) is 6.61 Å². The first-order valence-corrected chi connectivity index (χ1v) is 7.75. The van der Waals surface area contributed by atoms with Gasteiger partial charge in [0, 0.05) is 16.8 Å². The van der Waals surface area contributed by atoms with Crippen molar-refractivity contribution >= 4 is 23.2 Å². The molecular formula is C16H22Cl2O. The van der Waals surface area contributed by atoms with Crippen LogP contribution in [0.1, 0.15) is 44.7 Å². The van der Waals surface area contributed by atoms with Gasteiger partial charge in [0.1, 0.15) is 5.75 Å². The summed E-state index contributed by atoms with van der Waals surface area (Å²) >= 11 is 12.6. The van der Waals surface area contributed by atoms with Crippen LogP contribution in [0.3, 0.4) is 0 Å². The zero-order valence-corrected chi connectivity index (χ0v) is 13.4. The van der Waals surface area contributed by atoms with Crippen molar-refractivity contribution in [2.75, 3.05) is 6.61 Å². The molecule has 1 aliphatic rings. The van der Waals surface area contributed by atoms with E-state index in [-0.39, 0.29) is 5.38 Å². The predicted octanol–water partition coefficient (Wildman–Crippen LogP) is 5.25. The molecule has 0 N–H and O–H groups in total. The summed E-state index contributed by atoms with van der Waals surface area (Å²) in [4.78, 5) is 0. The molecule has 1 aliphatic heterocycles. The summed E-state index contributed by atoms with van der Waals surface area (Å²) in [7, 11) is 0. The maximum absolute atomic E-state index is 6.48. The number of halogens is 2. The Morgan fingerprint density at radius 2 is 2.05 bits per heavy atom. The van der Waals surface area contributed by atoms with Crippen molar-refractivity contribution in [3.05, 3.63) is 28.3 Å². The number of hydrogen-bond donors (Lipinski definition) is 0. The minimum atomic E-state index is 0.144. The second kappa shape index (κ2) is 5.93. The second-order valence-corrected chi connectivity index (χ2v) is 7.61. The van der Waals surface area contributed by atoms with Crippen LogP contribution in [0, 0.1) is 5.41 Å². The van der Waals surface area contributed by atoms with Crippen molar-refractivity contribution in [2.45, 2.75) is 51.8 Å². The molecule has 0 aliphatic carbocycles. The van der Waals surface area contributed by atoms with Crippen molar-refractivity contribution in [1.82, 2.24) is 0 Å². The summed E-state index contributed by atoms with van der Waals surface area (Å²) in [6.07, 6.45) is 3.94. The average Bonchev–Trinajstić information content (AvgIpc) is 2.73. The fourth-order valence-electron chi connectivity index (χ4n) is 2.43. The summed E-state index contributed by atoms with van der Waals surface area (Å²) in [6.45, 7) is 7.50. The van der Waals surface area contributed by atoms with Crippen LogP contribution in [0.2, 0.25) is 5.02 Å². The fraction of sp³-hybridized carbons (Fsp3) is 0.625. The number of fused-ring (bicyclic) bond motifs is 1. The van der Waals surface area contributed by atoms with E-state index in [0.717, 1.165) is 48.6 Å². The van der Waals surface area contributed by atoms with Gasteiger partial charge in [0.25, 0.3) is 0 Å². The summed E-state index contributed by atoms with van der Waals surface area (Å²) < 4.78 is 5.71. The third-order valence-electron chi connectivity index (χ3n) is 3.47. The van der Waals surface area contributed by atoms with Gasteiger partial charge in [-0.2, -0.15) is 0 Å². The van der Waals surface area contributed by atoms with Gasteiger partial charge in [-0.15, -0.1) is 11.6 Å². The van der Waals surface area contributed by atoms with E-state index in [4.69, 9.17) is 27.9 Å². The molecule has 1 nitrogen and oxygen atoms in total. The number of alkyl halides is 1. The van der Waals surface area contributed by atoms with Crippen molar-refractivity contribution in [3.8, 4) is 5.75 Å². The molecule has 0 radical (unpaired) electrons. The van der Waals surface area contributed by atoms with Crippen LogP contribution in [0.4, 0.5) is 0 Å². The molecule has 0 aromatic heterocycles. The molecule has 1 unspecified atom stereocenters. The molecule has 1 atom stereocenters. The normalized spacial score (nSPS) is 16.1. The molecular weight excluding hydrogens is 279 g/mol. The SMILES string of the molecule is CC(C)(C)CCC(Cl)Cc1cc(Cl)cc2c1OCC2. The van der Waals surface area contributed by atoms with Crippen molar-refractivity contribution in [2.24, 2.45) is 5.41 Å². The van der Waals surface area contributed by atoms with Crippen molar-refractivity contribution in [1.29, 1.82) is 0 Å². The molecule has 1 aromatic carbocycles. The van der Waals surface area contributed by atoms with E-state index in [1.807, 2.05) is 12.1 Å². The monoisotopic (exact) mass is 300 g/mol. The van der Waals surface area contributed by atoms with Crippen LogP contribution in [0.5, 0.6) is 5.75 Å². The summed E-state index contributed by atoms with van der Waals surface area (Å²) in [6, 6.07) is 4.00. The van der Waals surface area contributed by atoms with Crippen LogP contribution >= 0.6 is 23.2 Å². The van der Waals surface area contributed by atoms with Gasteiger partial charge in [0.2, 0.25) is 0 Å².